The van der Waals surface area contributed by atoms with Crippen molar-refractivity contribution in [2.24, 2.45) is 0 Å². The third kappa shape index (κ3) is 5.06. The van der Waals surface area contributed by atoms with Crippen LogP contribution in [-0.4, -0.2) is 15.0 Å². The predicted molar refractivity (Wildman–Crippen MR) is 252 cm³/mol. The summed E-state index contributed by atoms with van der Waals surface area (Å²) >= 11 is 1.87. The first kappa shape index (κ1) is 33.3. The predicted octanol–water partition coefficient (Wildman–Crippen LogP) is 15.4. The maximum Gasteiger partial charge on any atom is 0.164 e. The molecular formula is C55H31N3OS. The van der Waals surface area contributed by atoms with Crippen molar-refractivity contribution >= 4 is 96.5 Å². The number of rotatable bonds is 4. The number of hydrogen-bond acceptors (Lipinski definition) is 5. The van der Waals surface area contributed by atoms with E-state index in [0.29, 0.717) is 17.5 Å². The molecule has 13 rings (SSSR count). The molecule has 0 aliphatic heterocycles. The molecule has 60 heavy (non-hydrogen) atoms. The summed E-state index contributed by atoms with van der Waals surface area (Å²) in [6, 6.07) is 66.8. The lowest BCUT2D eigenvalue weighted by Crippen LogP contribution is -2.01. The summed E-state index contributed by atoms with van der Waals surface area (Å²) in [6.45, 7) is 0. The van der Waals surface area contributed by atoms with Gasteiger partial charge in [-0.25, -0.2) is 15.0 Å². The molecule has 3 heterocycles. The second-order valence-electron chi connectivity index (χ2n) is 15.5. The second-order valence-corrected chi connectivity index (χ2v) is 16.5. The Morgan fingerprint density at radius 1 is 0.333 bits per heavy atom. The van der Waals surface area contributed by atoms with Crippen molar-refractivity contribution in [3.63, 3.8) is 0 Å². The van der Waals surface area contributed by atoms with Crippen molar-refractivity contribution in [2.45, 2.75) is 0 Å². The molecule has 0 aliphatic carbocycles. The topological polar surface area (TPSA) is 51.8 Å². The zero-order valence-electron chi connectivity index (χ0n) is 32.1. The Morgan fingerprint density at radius 2 is 0.917 bits per heavy atom. The van der Waals surface area contributed by atoms with Crippen LogP contribution in [0.3, 0.4) is 0 Å². The average molecular weight is 782 g/mol. The van der Waals surface area contributed by atoms with Gasteiger partial charge < -0.3 is 4.42 Å². The molecule has 0 atom stereocenters. The Morgan fingerprint density at radius 3 is 1.65 bits per heavy atom. The average Bonchev–Trinajstić information content (AvgIpc) is 3.90. The molecule has 0 radical (unpaired) electrons. The van der Waals surface area contributed by atoms with E-state index in [-0.39, 0.29) is 0 Å². The van der Waals surface area contributed by atoms with Gasteiger partial charge in [0.05, 0.1) is 0 Å². The van der Waals surface area contributed by atoms with Gasteiger partial charge in [0.25, 0.3) is 0 Å². The van der Waals surface area contributed by atoms with Crippen molar-refractivity contribution in [2.75, 3.05) is 0 Å². The molecule has 0 bridgehead atoms. The summed E-state index contributed by atoms with van der Waals surface area (Å²) in [7, 11) is 0. The SMILES string of the molecule is c1ccc2c(-c3nc(-c4ccc5cc(-c6cc7c(ccc8oc9ccccc9c87)c7c6sc6ccccc67)ccc5c4)nc(-c4cccc5ccccc45)n3)cccc2c1. The molecule has 4 nitrogen and oxygen atoms in total. The van der Waals surface area contributed by atoms with E-state index in [9.17, 15) is 0 Å². The fourth-order valence-corrected chi connectivity index (χ4v) is 10.5. The van der Waals surface area contributed by atoms with Crippen LogP contribution in [0.1, 0.15) is 0 Å². The van der Waals surface area contributed by atoms with Crippen molar-refractivity contribution in [1.29, 1.82) is 0 Å². The molecule has 3 aromatic heterocycles. The molecule has 0 fully saturated rings. The maximum absolute atomic E-state index is 6.38. The van der Waals surface area contributed by atoms with E-state index in [1.165, 1.54) is 42.1 Å². The summed E-state index contributed by atoms with van der Waals surface area (Å²) in [6.07, 6.45) is 0. The molecule has 13 aromatic rings. The Balaban J connectivity index is 1.00. The van der Waals surface area contributed by atoms with Crippen molar-refractivity contribution in [3.8, 4) is 45.3 Å². The smallest absolute Gasteiger partial charge is 0.164 e. The number of thiophene rings is 1. The minimum atomic E-state index is 0.639. The Kier molecular flexibility index (Phi) is 7.14. The lowest BCUT2D eigenvalue weighted by atomic mass is 9.93. The highest BCUT2D eigenvalue weighted by atomic mass is 32.1. The third-order valence-corrected chi connectivity index (χ3v) is 13.3. The molecule has 278 valence electrons. The number of para-hydroxylation sites is 1. The monoisotopic (exact) mass is 781 g/mol. The molecule has 10 aromatic carbocycles. The first-order valence-corrected chi connectivity index (χ1v) is 21.0. The van der Waals surface area contributed by atoms with Gasteiger partial charge in [-0.1, -0.05) is 146 Å². The molecule has 5 heteroatoms. The van der Waals surface area contributed by atoms with Gasteiger partial charge >= 0.3 is 0 Å². The van der Waals surface area contributed by atoms with Crippen LogP contribution < -0.4 is 0 Å². The summed E-state index contributed by atoms with van der Waals surface area (Å²) < 4.78 is 8.96. The third-order valence-electron chi connectivity index (χ3n) is 12.1. The van der Waals surface area contributed by atoms with E-state index in [4.69, 9.17) is 19.4 Å². The van der Waals surface area contributed by atoms with Crippen molar-refractivity contribution in [1.82, 2.24) is 15.0 Å². The molecule has 0 unspecified atom stereocenters. The molecule has 0 saturated carbocycles. The number of nitrogens with zero attached hydrogens (tertiary/aromatic N) is 3. The number of benzene rings is 10. The standard InChI is InChI=1S/C55H31N3OS/c1-3-15-38-32(11-1)13-9-19-41(38)54-56-53(57-55(58-54)42-20-10-14-33-12-2-4-16-39(33)42)37-26-24-34-29-36(25-23-35(34)30-37)45-31-46-40(51-44-18-6-8-22-49(44)60-52(45)51)27-28-48-50(46)43-17-5-7-21-47(43)59-48/h1-31H. The highest BCUT2D eigenvalue weighted by Gasteiger charge is 2.20. The van der Waals surface area contributed by atoms with E-state index in [0.717, 1.165) is 70.9 Å². The minimum Gasteiger partial charge on any atom is -0.456 e. The van der Waals surface area contributed by atoms with E-state index < -0.39 is 0 Å². The molecule has 0 aliphatic rings. The molecule has 0 spiro atoms. The molecule has 0 saturated heterocycles. The van der Waals surface area contributed by atoms with Crippen LogP contribution in [0.25, 0.3) is 130 Å². The van der Waals surface area contributed by atoms with Gasteiger partial charge in [-0.3, -0.25) is 0 Å². The van der Waals surface area contributed by atoms with Crippen LogP contribution in [0.5, 0.6) is 0 Å². The zero-order chi connectivity index (χ0) is 39.3. The first-order chi connectivity index (χ1) is 29.7. The Labute approximate surface area is 347 Å². The fraction of sp³-hybridized carbons (Fsp3) is 0. The Hall–Kier alpha value is -7.73. The Bertz CT molecular complexity index is 3810. The second kappa shape index (κ2) is 12.9. The number of aromatic nitrogens is 3. The van der Waals surface area contributed by atoms with Gasteiger partial charge in [-0.2, -0.15) is 0 Å². The van der Waals surface area contributed by atoms with Gasteiger partial charge in [0.2, 0.25) is 0 Å². The summed E-state index contributed by atoms with van der Waals surface area (Å²) in [5.74, 6) is 1.94. The normalized spacial score (nSPS) is 12.0. The van der Waals surface area contributed by atoms with Crippen LogP contribution >= 0.6 is 11.3 Å². The molecular weight excluding hydrogens is 751 g/mol. The van der Waals surface area contributed by atoms with Gasteiger partial charge in [-0.15, -0.1) is 11.3 Å². The van der Waals surface area contributed by atoms with E-state index in [2.05, 4.69) is 182 Å². The van der Waals surface area contributed by atoms with Crippen molar-refractivity contribution in [3.05, 3.63) is 188 Å². The van der Waals surface area contributed by atoms with Gasteiger partial charge in [-0.05, 0) is 91.1 Å². The first-order valence-electron chi connectivity index (χ1n) is 20.2. The number of fused-ring (bicyclic) bond motifs is 12. The van der Waals surface area contributed by atoms with Crippen LogP contribution in [0.2, 0.25) is 0 Å². The highest BCUT2D eigenvalue weighted by molar-refractivity contribution is 7.26. The highest BCUT2D eigenvalue weighted by Crippen LogP contribution is 2.47. The van der Waals surface area contributed by atoms with Crippen LogP contribution in [0.15, 0.2) is 192 Å². The summed E-state index contributed by atoms with van der Waals surface area (Å²) in [5.41, 5.74) is 7.11. The van der Waals surface area contributed by atoms with Crippen LogP contribution in [0, 0.1) is 0 Å². The minimum absolute atomic E-state index is 0.639. The van der Waals surface area contributed by atoms with E-state index in [1.807, 2.05) is 17.4 Å². The lowest BCUT2D eigenvalue weighted by Gasteiger charge is -2.12. The molecule has 0 amide bonds. The summed E-state index contributed by atoms with van der Waals surface area (Å²) in [4.78, 5) is 15.6. The molecule has 0 N–H and O–H groups in total. The van der Waals surface area contributed by atoms with Crippen molar-refractivity contribution < 1.29 is 4.42 Å². The zero-order valence-corrected chi connectivity index (χ0v) is 32.9. The van der Waals surface area contributed by atoms with Crippen LogP contribution in [-0.2, 0) is 0 Å². The fourth-order valence-electron chi connectivity index (χ4n) is 9.28. The largest absolute Gasteiger partial charge is 0.456 e. The lowest BCUT2D eigenvalue weighted by molar-refractivity contribution is 0.669. The number of furan rings is 1. The van der Waals surface area contributed by atoms with E-state index >= 15 is 0 Å². The van der Waals surface area contributed by atoms with Gasteiger partial charge in [0, 0.05) is 53.2 Å². The quantitative estimate of drug-likeness (QED) is 0.178. The van der Waals surface area contributed by atoms with Gasteiger partial charge in [0.1, 0.15) is 11.2 Å². The van der Waals surface area contributed by atoms with Gasteiger partial charge in [0.15, 0.2) is 17.5 Å². The number of hydrogen-bond donors (Lipinski definition) is 0. The van der Waals surface area contributed by atoms with Crippen LogP contribution in [0.4, 0.5) is 0 Å². The maximum atomic E-state index is 6.38. The van der Waals surface area contributed by atoms with E-state index in [1.54, 1.807) is 0 Å². The summed E-state index contributed by atoms with van der Waals surface area (Å²) in [5, 5.41) is 14.1.